The van der Waals surface area contributed by atoms with Gasteiger partial charge in [0.1, 0.15) is 17.3 Å². The van der Waals surface area contributed by atoms with E-state index in [1.165, 1.54) is 0 Å². The summed E-state index contributed by atoms with van der Waals surface area (Å²) in [6, 6.07) is 18.2. The molecule has 0 aliphatic heterocycles. The molecular formula is C25H23N5O3. The summed E-state index contributed by atoms with van der Waals surface area (Å²) in [5, 5.41) is 6.14. The third-order valence-corrected chi connectivity index (χ3v) is 4.68. The van der Waals surface area contributed by atoms with Crippen molar-refractivity contribution in [3.8, 4) is 17.5 Å². The van der Waals surface area contributed by atoms with Crippen molar-refractivity contribution in [3.05, 3.63) is 90.4 Å². The fourth-order valence-electron chi connectivity index (χ4n) is 3.10. The highest BCUT2D eigenvalue weighted by molar-refractivity contribution is 6.08. The molecule has 0 saturated heterocycles. The predicted octanol–water partition coefficient (Wildman–Crippen LogP) is 5.37. The number of ether oxygens (including phenoxy) is 2. The average Bonchev–Trinajstić information content (AvgIpc) is 2.83. The molecule has 0 fully saturated rings. The first-order chi connectivity index (χ1) is 16.1. The number of pyridine rings is 1. The summed E-state index contributed by atoms with van der Waals surface area (Å²) in [6.07, 6.45) is 4.85. The lowest BCUT2D eigenvalue weighted by molar-refractivity contribution is 0.102. The van der Waals surface area contributed by atoms with E-state index in [1.807, 2.05) is 44.2 Å². The van der Waals surface area contributed by atoms with Crippen LogP contribution in [0.15, 0.2) is 79.3 Å². The normalized spacial score (nSPS) is 10.4. The fraction of sp³-hybridized carbons (Fsp3) is 0.120. The third-order valence-electron chi connectivity index (χ3n) is 4.68. The van der Waals surface area contributed by atoms with Crippen molar-refractivity contribution in [2.45, 2.75) is 13.8 Å². The van der Waals surface area contributed by atoms with Gasteiger partial charge in [0.05, 0.1) is 12.2 Å². The molecule has 0 unspecified atom stereocenters. The highest BCUT2D eigenvalue weighted by Gasteiger charge is 2.14. The maximum Gasteiger partial charge on any atom is 0.321 e. The van der Waals surface area contributed by atoms with E-state index in [9.17, 15) is 4.79 Å². The van der Waals surface area contributed by atoms with Crippen LogP contribution < -0.4 is 20.1 Å². The van der Waals surface area contributed by atoms with E-state index in [-0.39, 0.29) is 11.9 Å². The van der Waals surface area contributed by atoms with Crippen molar-refractivity contribution < 1.29 is 14.3 Å². The van der Waals surface area contributed by atoms with E-state index in [0.717, 1.165) is 17.0 Å². The lowest BCUT2D eigenvalue weighted by atomic mass is 10.1. The first-order valence-electron chi connectivity index (χ1n) is 10.4. The van der Waals surface area contributed by atoms with Gasteiger partial charge >= 0.3 is 6.01 Å². The SMILES string of the molecule is CCOc1ccc(Nc2ncccc2C(=O)Nc2ccc(Oc3ncccn3)cc2C)cc1. The average molecular weight is 441 g/mol. The van der Waals surface area contributed by atoms with Gasteiger partial charge in [-0.25, -0.2) is 15.0 Å². The van der Waals surface area contributed by atoms with Crippen molar-refractivity contribution >= 4 is 23.1 Å². The summed E-state index contributed by atoms with van der Waals surface area (Å²) >= 11 is 0. The number of anilines is 3. The highest BCUT2D eigenvalue weighted by Crippen LogP contribution is 2.26. The number of nitrogens with one attached hydrogen (secondary N) is 2. The maximum absolute atomic E-state index is 13.0. The number of carbonyl (C=O) groups excluding carboxylic acids is 1. The first kappa shape index (κ1) is 21.8. The lowest BCUT2D eigenvalue weighted by Gasteiger charge is -2.13. The zero-order valence-corrected chi connectivity index (χ0v) is 18.3. The smallest absolute Gasteiger partial charge is 0.321 e. The van der Waals surface area contributed by atoms with Crippen LogP contribution in [0.3, 0.4) is 0 Å². The summed E-state index contributed by atoms with van der Waals surface area (Å²) in [5.74, 6) is 1.54. The van der Waals surface area contributed by atoms with E-state index in [4.69, 9.17) is 9.47 Å². The van der Waals surface area contributed by atoms with Crippen molar-refractivity contribution in [1.29, 1.82) is 0 Å². The van der Waals surface area contributed by atoms with Crippen LogP contribution in [0.5, 0.6) is 17.5 Å². The van der Waals surface area contributed by atoms with Crippen molar-refractivity contribution in [2.75, 3.05) is 17.2 Å². The molecular weight excluding hydrogens is 418 g/mol. The highest BCUT2D eigenvalue weighted by atomic mass is 16.5. The number of aromatic nitrogens is 3. The molecule has 0 spiro atoms. The Bertz CT molecular complexity index is 1230. The van der Waals surface area contributed by atoms with E-state index in [2.05, 4.69) is 25.6 Å². The molecule has 0 atom stereocenters. The number of rotatable bonds is 8. The van der Waals surface area contributed by atoms with Crippen LogP contribution in [0.4, 0.5) is 17.2 Å². The monoisotopic (exact) mass is 441 g/mol. The van der Waals surface area contributed by atoms with Gasteiger partial charge in [-0.15, -0.1) is 0 Å². The molecule has 166 valence electrons. The maximum atomic E-state index is 13.0. The predicted molar refractivity (Wildman–Crippen MR) is 126 cm³/mol. The van der Waals surface area contributed by atoms with Crippen LogP contribution in [0, 0.1) is 6.92 Å². The Hall–Kier alpha value is -4.46. The molecule has 0 saturated carbocycles. The molecule has 0 aliphatic rings. The molecule has 2 aromatic heterocycles. The Morgan fingerprint density at radius 1 is 0.909 bits per heavy atom. The number of hydrogen-bond acceptors (Lipinski definition) is 7. The van der Waals surface area contributed by atoms with Gasteiger partial charge in [-0.2, -0.15) is 0 Å². The largest absolute Gasteiger partial charge is 0.494 e. The number of hydrogen-bond donors (Lipinski definition) is 2. The molecule has 2 N–H and O–H groups in total. The van der Waals surface area contributed by atoms with Crippen LogP contribution in [0.2, 0.25) is 0 Å². The Morgan fingerprint density at radius 3 is 2.36 bits per heavy atom. The number of benzene rings is 2. The minimum absolute atomic E-state index is 0.258. The molecule has 0 bridgehead atoms. The topological polar surface area (TPSA) is 98.3 Å². The Kier molecular flexibility index (Phi) is 6.75. The van der Waals surface area contributed by atoms with E-state index < -0.39 is 0 Å². The van der Waals surface area contributed by atoms with Gasteiger partial charge in [-0.1, -0.05) is 0 Å². The van der Waals surface area contributed by atoms with Crippen LogP contribution in [-0.4, -0.2) is 27.5 Å². The zero-order chi connectivity index (χ0) is 23.0. The Morgan fingerprint density at radius 2 is 1.64 bits per heavy atom. The lowest BCUT2D eigenvalue weighted by Crippen LogP contribution is -2.15. The molecule has 8 heteroatoms. The summed E-state index contributed by atoms with van der Waals surface area (Å²) in [7, 11) is 0. The molecule has 4 rings (SSSR count). The number of aryl methyl sites for hydroxylation is 1. The fourth-order valence-corrected chi connectivity index (χ4v) is 3.10. The summed E-state index contributed by atoms with van der Waals surface area (Å²) in [6.45, 7) is 4.42. The Balaban J connectivity index is 1.47. The summed E-state index contributed by atoms with van der Waals surface area (Å²) in [5.41, 5.74) is 2.72. The molecule has 2 aromatic carbocycles. The second kappa shape index (κ2) is 10.2. The molecule has 0 aliphatic carbocycles. The van der Waals surface area contributed by atoms with Gasteiger partial charge in [0, 0.05) is 30.0 Å². The van der Waals surface area contributed by atoms with E-state index in [0.29, 0.717) is 29.4 Å². The second-order valence-corrected chi connectivity index (χ2v) is 7.05. The van der Waals surface area contributed by atoms with Crippen molar-refractivity contribution in [3.63, 3.8) is 0 Å². The molecule has 2 heterocycles. The molecule has 8 nitrogen and oxygen atoms in total. The van der Waals surface area contributed by atoms with Crippen molar-refractivity contribution in [2.24, 2.45) is 0 Å². The van der Waals surface area contributed by atoms with Gasteiger partial charge in [0.25, 0.3) is 5.91 Å². The zero-order valence-electron chi connectivity index (χ0n) is 18.3. The van der Waals surface area contributed by atoms with Crippen molar-refractivity contribution in [1.82, 2.24) is 15.0 Å². The van der Waals surface area contributed by atoms with Crippen LogP contribution in [-0.2, 0) is 0 Å². The number of amides is 1. The van der Waals surface area contributed by atoms with Crippen LogP contribution >= 0.6 is 0 Å². The Labute approximate surface area is 191 Å². The van der Waals surface area contributed by atoms with Gasteiger partial charge in [-0.3, -0.25) is 4.79 Å². The van der Waals surface area contributed by atoms with E-state index >= 15 is 0 Å². The standard InChI is InChI=1S/C25H23N5O3/c1-3-32-19-9-7-18(8-10-19)29-23-21(6-4-13-26-23)24(31)30-22-12-11-20(16-17(22)2)33-25-27-14-5-15-28-25/h4-16H,3H2,1-2H3,(H,26,29)(H,30,31). The quantitative estimate of drug-likeness (QED) is 0.379. The number of nitrogens with zero attached hydrogens (tertiary/aromatic N) is 3. The van der Waals surface area contributed by atoms with Crippen LogP contribution in [0.1, 0.15) is 22.8 Å². The first-order valence-corrected chi connectivity index (χ1v) is 10.4. The van der Waals surface area contributed by atoms with Gasteiger partial charge in [-0.05, 0) is 80.1 Å². The van der Waals surface area contributed by atoms with Gasteiger partial charge in [0.15, 0.2) is 0 Å². The van der Waals surface area contributed by atoms with Gasteiger partial charge in [0.2, 0.25) is 0 Å². The number of carbonyl (C=O) groups is 1. The molecule has 1 amide bonds. The molecule has 4 aromatic rings. The van der Waals surface area contributed by atoms with Gasteiger partial charge < -0.3 is 20.1 Å². The molecule has 33 heavy (non-hydrogen) atoms. The van der Waals surface area contributed by atoms with E-state index in [1.54, 1.807) is 48.9 Å². The molecule has 0 radical (unpaired) electrons. The third kappa shape index (κ3) is 5.62. The second-order valence-electron chi connectivity index (χ2n) is 7.05. The minimum Gasteiger partial charge on any atom is -0.494 e. The minimum atomic E-state index is -0.278. The summed E-state index contributed by atoms with van der Waals surface area (Å²) in [4.78, 5) is 25.5. The van der Waals surface area contributed by atoms with Crippen LogP contribution in [0.25, 0.3) is 0 Å². The summed E-state index contributed by atoms with van der Waals surface area (Å²) < 4.78 is 11.1.